The Morgan fingerprint density at radius 1 is 1.24 bits per heavy atom. The Morgan fingerprint density at radius 3 is 2.76 bits per heavy atom. The van der Waals surface area contributed by atoms with Crippen molar-refractivity contribution >= 4 is 23.3 Å². The van der Waals surface area contributed by atoms with Gasteiger partial charge in [-0.3, -0.25) is 0 Å². The van der Waals surface area contributed by atoms with Crippen LogP contribution in [0.1, 0.15) is 34.1 Å². The summed E-state index contributed by atoms with van der Waals surface area (Å²) in [6.07, 6.45) is 1.21. The molecule has 5 nitrogen and oxygen atoms in total. The molecule has 0 amide bonds. The minimum Gasteiger partial charge on any atom is -0.497 e. The van der Waals surface area contributed by atoms with Gasteiger partial charge in [-0.05, 0) is 60.7 Å². The third kappa shape index (κ3) is 2.91. The van der Waals surface area contributed by atoms with Gasteiger partial charge in [0.1, 0.15) is 16.7 Å². The fourth-order valence-electron chi connectivity index (χ4n) is 3.34. The highest BCUT2D eigenvalue weighted by atomic mass is 32.1. The largest absolute Gasteiger partial charge is 0.497 e. The van der Waals surface area contributed by atoms with Gasteiger partial charge in [-0.25, -0.2) is 9.59 Å². The molecule has 0 saturated carbocycles. The summed E-state index contributed by atoms with van der Waals surface area (Å²) in [6.45, 7) is 1.79. The zero-order valence-electron chi connectivity index (χ0n) is 14.0. The van der Waals surface area contributed by atoms with Crippen molar-refractivity contribution in [1.29, 1.82) is 0 Å². The molecule has 25 heavy (non-hydrogen) atoms. The zero-order valence-corrected chi connectivity index (χ0v) is 14.9. The van der Waals surface area contributed by atoms with E-state index in [0.717, 1.165) is 34.6 Å². The van der Waals surface area contributed by atoms with Crippen molar-refractivity contribution in [2.75, 3.05) is 7.11 Å². The Labute approximate surface area is 149 Å². The Balaban J connectivity index is 1.59. The molecule has 0 unspecified atom stereocenters. The topological polar surface area (TPSA) is 61.8 Å². The number of rotatable bonds is 3. The maximum absolute atomic E-state index is 12.4. The molecule has 2 atom stereocenters. The molecule has 2 aromatic rings. The third-order valence-electron chi connectivity index (χ3n) is 4.61. The van der Waals surface area contributed by atoms with Crippen LogP contribution in [-0.2, 0) is 27.1 Å². The van der Waals surface area contributed by atoms with Gasteiger partial charge in [-0.15, -0.1) is 11.3 Å². The van der Waals surface area contributed by atoms with Crippen LogP contribution >= 0.6 is 11.3 Å². The first-order valence-corrected chi connectivity index (χ1v) is 9.08. The second-order valence-electron chi connectivity index (χ2n) is 6.37. The van der Waals surface area contributed by atoms with Gasteiger partial charge in [0.2, 0.25) is 6.10 Å². The van der Waals surface area contributed by atoms with Crippen LogP contribution in [0.25, 0.3) is 10.4 Å². The van der Waals surface area contributed by atoms with E-state index in [9.17, 15) is 9.59 Å². The molecule has 130 valence electrons. The highest BCUT2D eigenvalue weighted by Crippen LogP contribution is 2.41. The summed E-state index contributed by atoms with van der Waals surface area (Å²) in [5.41, 5.74) is 3.51. The number of methoxy groups -OCH3 is 1. The minimum absolute atomic E-state index is 0.205. The number of hydrogen-bond acceptors (Lipinski definition) is 6. The molecular weight excluding hydrogens is 340 g/mol. The molecule has 1 aliphatic heterocycles. The van der Waals surface area contributed by atoms with Crippen molar-refractivity contribution in [2.45, 2.75) is 38.4 Å². The quantitative estimate of drug-likeness (QED) is 0.787. The first-order chi connectivity index (χ1) is 12.0. The molecule has 2 aliphatic rings. The number of ether oxygens (including phenoxy) is 3. The fourth-order valence-corrected chi connectivity index (χ4v) is 4.49. The van der Waals surface area contributed by atoms with Crippen molar-refractivity contribution in [3.8, 4) is 16.2 Å². The summed E-state index contributed by atoms with van der Waals surface area (Å²) in [4.78, 5) is 25.7. The Hall–Kier alpha value is -2.34. The summed E-state index contributed by atoms with van der Waals surface area (Å²) in [6, 6.07) is 7.90. The summed E-state index contributed by atoms with van der Waals surface area (Å²) < 4.78 is 15.7. The summed E-state index contributed by atoms with van der Waals surface area (Å²) >= 11 is 1.42. The normalized spacial score (nSPS) is 21.3. The van der Waals surface area contributed by atoms with Gasteiger partial charge in [0.05, 0.1) is 7.11 Å². The van der Waals surface area contributed by atoms with Crippen molar-refractivity contribution in [3.05, 3.63) is 40.3 Å². The number of thiophene rings is 1. The van der Waals surface area contributed by atoms with Gasteiger partial charge in [0.15, 0.2) is 0 Å². The number of fused-ring (bicyclic) bond motifs is 3. The number of cyclic esters (lactones) is 1. The molecule has 1 fully saturated rings. The third-order valence-corrected chi connectivity index (χ3v) is 5.80. The van der Waals surface area contributed by atoms with E-state index in [2.05, 4.69) is 0 Å². The number of carbonyl (C=O) groups excluding carboxylic acids is 2. The summed E-state index contributed by atoms with van der Waals surface area (Å²) in [5.74, 6) is -0.0719. The van der Waals surface area contributed by atoms with Crippen LogP contribution in [0.2, 0.25) is 0 Å². The molecule has 6 heteroatoms. The summed E-state index contributed by atoms with van der Waals surface area (Å²) in [7, 11) is 1.66. The van der Waals surface area contributed by atoms with Crippen LogP contribution in [0.15, 0.2) is 24.3 Å². The zero-order chi connectivity index (χ0) is 17.6. The first kappa shape index (κ1) is 16.1. The second kappa shape index (κ2) is 6.19. The van der Waals surface area contributed by atoms with E-state index in [1.165, 1.54) is 16.9 Å². The van der Waals surface area contributed by atoms with Gasteiger partial charge in [-0.2, -0.15) is 0 Å². The van der Waals surface area contributed by atoms with Gasteiger partial charge >= 0.3 is 11.9 Å². The van der Waals surface area contributed by atoms with E-state index in [0.29, 0.717) is 11.3 Å². The lowest BCUT2D eigenvalue weighted by molar-refractivity contribution is -0.147. The molecular formula is C19H18O5S. The van der Waals surface area contributed by atoms with Crippen LogP contribution in [0, 0.1) is 0 Å². The number of benzene rings is 1. The van der Waals surface area contributed by atoms with Crippen LogP contribution in [0.5, 0.6) is 5.75 Å². The van der Waals surface area contributed by atoms with Gasteiger partial charge in [0.25, 0.3) is 0 Å². The van der Waals surface area contributed by atoms with Gasteiger partial charge in [0, 0.05) is 11.3 Å². The Kier molecular flexibility index (Phi) is 4.00. The van der Waals surface area contributed by atoms with E-state index in [4.69, 9.17) is 14.2 Å². The van der Waals surface area contributed by atoms with E-state index >= 15 is 0 Å². The second-order valence-corrected chi connectivity index (χ2v) is 7.42. The van der Waals surface area contributed by atoms with Gasteiger partial charge < -0.3 is 14.2 Å². The molecule has 0 spiro atoms. The smallest absolute Gasteiger partial charge is 0.349 e. The van der Waals surface area contributed by atoms with E-state index in [-0.39, 0.29) is 6.10 Å². The Bertz CT molecular complexity index is 853. The maximum Gasteiger partial charge on any atom is 0.349 e. The van der Waals surface area contributed by atoms with Gasteiger partial charge in [-0.1, -0.05) is 0 Å². The molecule has 0 bridgehead atoms. The van der Waals surface area contributed by atoms with Crippen LogP contribution in [0.3, 0.4) is 0 Å². The number of aryl methyl sites for hydroxylation is 2. The molecule has 1 aromatic heterocycles. The molecule has 2 heterocycles. The van der Waals surface area contributed by atoms with Crippen LogP contribution in [-0.4, -0.2) is 31.3 Å². The highest BCUT2D eigenvalue weighted by Gasteiger charge is 2.35. The van der Waals surface area contributed by atoms with E-state index in [1.54, 1.807) is 14.0 Å². The molecule has 0 N–H and O–H groups in total. The molecule has 1 saturated heterocycles. The molecule has 1 aliphatic carbocycles. The highest BCUT2D eigenvalue weighted by molar-refractivity contribution is 7.17. The average molecular weight is 358 g/mol. The predicted molar refractivity (Wildman–Crippen MR) is 93.1 cm³/mol. The van der Waals surface area contributed by atoms with Crippen molar-refractivity contribution < 1.29 is 23.8 Å². The lowest BCUT2D eigenvalue weighted by Crippen LogP contribution is -2.22. The van der Waals surface area contributed by atoms with Crippen LogP contribution in [0.4, 0.5) is 0 Å². The molecule has 1 aromatic carbocycles. The maximum atomic E-state index is 12.4. The monoisotopic (exact) mass is 358 g/mol. The van der Waals surface area contributed by atoms with Crippen LogP contribution < -0.4 is 4.74 Å². The average Bonchev–Trinajstić information content (AvgIpc) is 3.17. The minimum atomic E-state index is -0.793. The fraction of sp³-hybridized carbons (Fsp3) is 0.368. The Morgan fingerprint density at radius 2 is 2.04 bits per heavy atom. The lowest BCUT2D eigenvalue weighted by atomic mass is 9.91. The SMILES string of the molecule is COc1ccc2c(c1)CCc1cc(C(=O)O[C@H]3C[C@H](C)OC3=O)sc1-2. The van der Waals surface area contributed by atoms with E-state index in [1.807, 2.05) is 24.3 Å². The lowest BCUT2D eigenvalue weighted by Gasteiger charge is -2.16. The van der Waals surface area contributed by atoms with Crippen molar-refractivity contribution in [3.63, 3.8) is 0 Å². The van der Waals surface area contributed by atoms with Crippen molar-refractivity contribution in [1.82, 2.24) is 0 Å². The number of hydrogen-bond donors (Lipinski definition) is 0. The van der Waals surface area contributed by atoms with E-state index < -0.39 is 18.0 Å². The molecule has 4 rings (SSSR count). The predicted octanol–water partition coefficient (Wildman–Crippen LogP) is 3.38. The first-order valence-electron chi connectivity index (χ1n) is 8.26. The number of esters is 2. The molecule has 0 radical (unpaired) electrons. The standard InChI is InChI=1S/C19H18O5S/c1-10-7-15(18(20)23-10)24-19(21)16-9-12-4-3-11-8-13(22-2)5-6-14(11)17(12)25-16/h5-6,8-10,15H,3-4,7H2,1-2H3/t10-,15-/m0/s1. The van der Waals surface area contributed by atoms with Crippen molar-refractivity contribution in [2.24, 2.45) is 0 Å². The summed E-state index contributed by atoms with van der Waals surface area (Å²) in [5, 5.41) is 0. The number of carbonyl (C=O) groups is 2.